The second kappa shape index (κ2) is 8.53. The van der Waals surface area contributed by atoms with E-state index < -0.39 is 0 Å². The van der Waals surface area contributed by atoms with Gasteiger partial charge in [0.05, 0.1) is 10.9 Å². The average Bonchev–Trinajstić information content (AvgIpc) is 3.05. The van der Waals surface area contributed by atoms with E-state index >= 15 is 0 Å². The lowest BCUT2D eigenvalue weighted by molar-refractivity contribution is -0.118. The van der Waals surface area contributed by atoms with Gasteiger partial charge < -0.3 is 10.1 Å². The molecule has 0 bridgehead atoms. The topological polar surface area (TPSA) is 69.0 Å². The zero-order valence-electron chi connectivity index (χ0n) is 17.6. The van der Waals surface area contributed by atoms with E-state index in [2.05, 4.69) is 42.5 Å². The maximum Gasteiger partial charge on any atom is 0.263 e. The first-order valence-corrected chi connectivity index (χ1v) is 10.3. The van der Waals surface area contributed by atoms with Crippen LogP contribution in [0.25, 0.3) is 21.9 Å². The van der Waals surface area contributed by atoms with Crippen LogP contribution in [0.4, 0.5) is 5.82 Å². The second-order valence-corrected chi connectivity index (χ2v) is 7.63. The Morgan fingerprint density at radius 1 is 1.10 bits per heavy atom. The average molecular weight is 402 g/mol. The lowest BCUT2D eigenvalue weighted by Gasteiger charge is -2.07. The van der Waals surface area contributed by atoms with Crippen LogP contribution in [0, 0.1) is 13.8 Å². The molecule has 2 aromatic heterocycles. The molecule has 6 nitrogen and oxygen atoms in total. The molecule has 2 aromatic carbocycles. The summed E-state index contributed by atoms with van der Waals surface area (Å²) in [6.07, 6.45) is 2.05. The lowest BCUT2D eigenvalue weighted by atomic mass is 10.1. The second-order valence-electron chi connectivity index (χ2n) is 7.63. The molecule has 4 rings (SSSR count). The Morgan fingerprint density at radius 2 is 1.93 bits per heavy atom. The number of nitrogens with zero attached hydrogens (tertiary/aromatic N) is 3. The normalized spacial score (nSPS) is 11.2. The van der Waals surface area contributed by atoms with Crippen LogP contribution >= 0.6 is 0 Å². The van der Waals surface area contributed by atoms with Crippen LogP contribution < -0.4 is 10.1 Å². The van der Waals surface area contributed by atoms with E-state index in [1.54, 1.807) is 0 Å². The number of carbonyl (C=O) groups is 1. The van der Waals surface area contributed by atoms with E-state index in [0.29, 0.717) is 11.6 Å². The fraction of sp³-hybridized carbons (Fsp3) is 0.292. The van der Waals surface area contributed by atoms with Gasteiger partial charge in [-0.3, -0.25) is 4.79 Å². The van der Waals surface area contributed by atoms with Crippen molar-refractivity contribution in [1.29, 1.82) is 0 Å². The molecule has 0 saturated carbocycles. The number of hydrogen-bond donors (Lipinski definition) is 1. The Morgan fingerprint density at radius 3 is 2.73 bits per heavy atom. The van der Waals surface area contributed by atoms with E-state index in [1.807, 2.05) is 41.9 Å². The zero-order valence-corrected chi connectivity index (χ0v) is 17.6. The number of rotatable bonds is 7. The summed E-state index contributed by atoms with van der Waals surface area (Å²) in [5, 5.41) is 9.43. The van der Waals surface area contributed by atoms with Crippen molar-refractivity contribution < 1.29 is 9.53 Å². The molecular weight excluding hydrogens is 376 g/mol. The van der Waals surface area contributed by atoms with Crippen molar-refractivity contribution in [2.24, 2.45) is 0 Å². The first-order valence-electron chi connectivity index (χ1n) is 10.3. The maximum absolute atomic E-state index is 12.5. The number of unbranched alkanes of at least 4 members (excludes halogenated alkanes) is 1. The number of hydrogen-bond acceptors (Lipinski definition) is 4. The van der Waals surface area contributed by atoms with Gasteiger partial charge >= 0.3 is 0 Å². The van der Waals surface area contributed by atoms with Gasteiger partial charge in [-0.2, -0.15) is 5.10 Å². The van der Waals surface area contributed by atoms with Gasteiger partial charge in [-0.25, -0.2) is 9.67 Å². The smallest absolute Gasteiger partial charge is 0.263 e. The van der Waals surface area contributed by atoms with Crippen LogP contribution in [0.15, 0.2) is 48.5 Å². The van der Waals surface area contributed by atoms with Crippen LogP contribution in [0.1, 0.15) is 30.9 Å². The molecule has 0 fully saturated rings. The van der Waals surface area contributed by atoms with E-state index in [9.17, 15) is 4.79 Å². The minimum absolute atomic E-state index is 0.0765. The van der Waals surface area contributed by atoms with Crippen molar-refractivity contribution in [3.63, 3.8) is 0 Å². The third kappa shape index (κ3) is 4.27. The van der Waals surface area contributed by atoms with Gasteiger partial charge in [-0.1, -0.05) is 37.1 Å². The van der Waals surface area contributed by atoms with Crippen LogP contribution in [0.5, 0.6) is 5.75 Å². The Balaban J connectivity index is 1.62. The lowest BCUT2D eigenvalue weighted by Crippen LogP contribution is -2.20. The first-order chi connectivity index (χ1) is 14.5. The predicted octanol–water partition coefficient (Wildman–Crippen LogP) is 5.02. The van der Waals surface area contributed by atoms with E-state index in [1.165, 1.54) is 5.56 Å². The summed E-state index contributed by atoms with van der Waals surface area (Å²) in [6, 6.07) is 15.9. The van der Waals surface area contributed by atoms with Crippen molar-refractivity contribution >= 4 is 33.7 Å². The molecule has 1 N–H and O–H groups in total. The van der Waals surface area contributed by atoms with Crippen LogP contribution in [0.3, 0.4) is 0 Å². The number of anilines is 1. The molecule has 154 valence electrons. The number of fused-ring (bicyclic) bond motifs is 2. The summed E-state index contributed by atoms with van der Waals surface area (Å²) >= 11 is 0. The van der Waals surface area contributed by atoms with Crippen LogP contribution in [0.2, 0.25) is 0 Å². The Labute approximate surface area is 175 Å². The summed E-state index contributed by atoms with van der Waals surface area (Å²) in [5.74, 6) is 0.948. The van der Waals surface area contributed by atoms with Gasteiger partial charge in [-0.05, 0) is 56.2 Å². The highest BCUT2D eigenvalue weighted by atomic mass is 16.5. The Kier molecular flexibility index (Phi) is 5.65. The highest BCUT2D eigenvalue weighted by Gasteiger charge is 2.16. The van der Waals surface area contributed by atoms with Crippen molar-refractivity contribution in [2.45, 2.75) is 40.2 Å². The number of aryl methyl sites for hydroxylation is 3. The van der Waals surface area contributed by atoms with Crippen molar-refractivity contribution in [3.8, 4) is 5.75 Å². The van der Waals surface area contributed by atoms with E-state index in [0.717, 1.165) is 46.9 Å². The van der Waals surface area contributed by atoms with Crippen LogP contribution in [-0.4, -0.2) is 27.3 Å². The number of ether oxygens (including phenoxy) is 1. The maximum atomic E-state index is 12.5. The number of aromatic nitrogens is 3. The van der Waals surface area contributed by atoms with E-state index in [4.69, 9.17) is 9.72 Å². The van der Waals surface area contributed by atoms with Gasteiger partial charge in [0.2, 0.25) is 0 Å². The van der Waals surface area contributed by atoms with Crippen molar-refractivity contribution in [3.05, 3.63) is 59.7 Å². The summed E-state index contributed by atoms with van der Waals surface area (Å²) in [6.45, 7) is 6.86. The van der Waals surface area contributed by atoms with Crippen molar-refractivity contribution in [2.75, 3.05) is 11.9 Å². The van der Waals surface area contributed by atoms with Gasteiger partial charge in [0.15, 0.2) is 18.1 Å². The number of nitrogens with one attached hydrogen (secondary N) is 1. The summed E-state index contributed by atoms with van der Waals surface area (Å²) < 4.78 is 7.51. The molecule has 0 saturated heterocycles. The van der Waals surface area contributed by atoms with Crippen molar-refractivity contribution in [1.82, 2.24) is 14.8 Å². The van der Waals surface area contributed by atoms with Gasteiger partial charge in [-0.15, -0.1) is 0 Å². The molecular formula is C24H26N4O2. The van der Waals surface area contributed by atoms with Gasteiger partial charge in [0.25, 0.3) is 5.91 Å². The molecule has 0 aliphatic rings. The largest absolute Gasteiger partial charge is 0.484 e. The summed E-state index contributed by atoms with van der Waals surface area (Å²) in [7, 11) is 0. The molecule has 0 atom stereocenters. The SMILES string of the molecule is CCCCn1nc(NC(=O)COc2cccc(C)c2)c2cc3cc(C)ccc3nc21. The van der Waals surface area contributed by atoms with Gasteiger partial charge in [0.1, 0.15) is 5.75 Å². The molecule has 1 amide bonds. The third-order valence-corrected chi connectivity index (χ3v) is 5.01. The zero-order chi connectivity index (χ0) is 21.1. The molecule has 2 heterocycles. The molecule has 30 heavy (non-hydrogen) atoms. The number of amides is 1. The number of benzene rings is 2. The molecule has 0 aliphatic heterocycles. The molecule has 4 aromatic rings. The minimum atomic E-state index is -0.247. The standard InChI is InChI=1S/C24H26N4O2/c1-4-5-11-28-24-20(14-18-12-17(3)9-10-21(18)25-24)23(27-28)26-22(29)15-30-19-8-6-7-16(2)13-19/h6-10,12-14H,4-5,11,15H2,1-3H3,(H,26,27,29). The molecule has 0 unspecified atom stereocenters. The quantitative estimate of drug-likeness (QED) is 0.471. The van der Waals surface area contributed by atoms with Gasteiger partial charge in [0, 0.05) is 11.9 Å². The summed E-state index contributed by atoms with van der Waals surface area (Å²) in [4.78, 5) is 17.4. The third-order valence-electron chi connectivity index (χ3n) is 5.01. The molecule has 0 spiro atoms. The number of carbonyl (C=O) groups excluding carboxylic acids is 1. The minimum Gasteiger partial charge on any atom is -0.484 e. The van der Waals surface area contributed by atoms with Crippen LogP contribution in [-0.2, 0) is 11.3 Å². The highest BCUT2D eigenvalue weighted by molar-refractivity contribution is 6.03. The predicted molar refractivity (Wildman–Crippen MR) is 120 cm³/mol. The molecule has 6 heteroatoms. The molecule has 0 aliphatic carbocycles. The molecule has 0 radical (unpaired) electrons. The Hall–Kier alpha value is -3.41. The fourth-order valence-electron chi connectivity index (χ4n) is 3.46. The fourth-order valence-corrected chi connectivity index (χ4v) is 3.46. The Bertz CT molecular complexity index is 1210. The monoisotopic (exact) mass is 402 g/mol. The first kappa shape index (κ1) is 19.9. The summed E-state index contributed by atoms with van der Waals surface area (Å²) in [5.41, 5.74) is 3.96. The number of pyridine rings is 1. The van der Waals surface area contributed by atoms with E-state index in [-0.39, 0.29) is 12.5 Å². The highest BCUT2D eigenvalue weighted by Crippen LogP contribution is 2.27.